The lowest BCUT2D eigenvalue weighted by Crippen LogP contribution is -2.40. The van der Waals surface area contributed by atoms with E-state index in [1.807, 2.05) is 6.92 Å². The van der Waals surface area contributed by atoms with Gasteiger partial charge in [-0.2, -0.15) is 0 Å². The van der Waals surface area contributed by atoms with Gasteiger partial charge < -0.3 is 0 Å². The second-order valence-electron chi connectivity index (χ2n) is 6.91. The molecule has 0 amide bonds. The Morgan fingerprint density at radius 3 is 2.47 bits per heavy atom. The first kappa shape index (κ1) is 14.5. The summed E-state index contributed by atoms with van der Waals surface area (Å²) in [6, 6.07) is 0. The van der Waals surface area contributed by atoms with Gasteiger partial charge in [0.05, 0.1) is 0 Å². The molecule has 0 spiro atoms. The summed E-state index contributed by atoms with van der Waals surface area (Å²) in [5, 5.41) is 0. The van der Waals surface area contributed by atoms with Crippen LogP contribution in [-0.4, -0.2) is 0 Å². The number of fused-ring (bicyclic) bond motifs is 2. The predicted octanol–water partition coefficient (Wildman–Crippen LogP) is 5.75. The monoisotopic (exact) mass is 234 g/mol. The third-order valence-corrected chi connectivity index (χ3v) is 4.31. The van der Waals surface area contributed by atoms with E-state index in [9.17, 15) is 0 Å². The zero-order chi connectivity index (χ0) is 12.9. The Labute approximate surface area is 108 Å². The summed E-state index contributed by atoms with van der Waals surface area (Å²) < 4.78 is 0. The number of hydrogen-bond acceptors (Lipinski definition) is 0. The number of rotatable bonds is 2. The summed E-state index contributed by atoms with van der Waals surface area (Å²) in [5.74, 6) is 1.02. The van der Waals surface area contributed by atoms with Crippen LogP contribution in [0.2, 0.25) is 0 Å². The van der Waals surface area contributed by atoms with Crippen molar-refractivity contribution in [3.8, 4) is 0 Å². The average Bonchev–Trinajstić information content (AvgIpc) is 2.15. The van der Waals surface area contributed by atoms with Gasteiger partial charge in [-0.15, -0.1) is 13.2 Å². The van der Waals surface area contributed by atoms with Crippen LogP contribution < -0.4 is 0 Å². The molecule has 98 valence electrons. The third kappa shape index (κ3) is 4.01. The molecule has 0 aromatic rings. The largest absolute Gasteiger partial charge is 0.103 e. The Bertz CT molecular complexity index is 261. The van der Waals surface area contributed by atoms with Crippen molar-refractivity contribution in [3.05, 3.63) is 25.3 Å². The highest BCUT2D eigenvalue weighted by Crippen LogP contribution is 2.57. The second-order valence-corrected chi connectivity index (χ2v) is 6.91. The summed E-state index contributed by atoms with van der Waals surface area (Å²) in [6.07, 6.45) is 14.0. The van der Waals surface area contributed by atoms with E-state index in [2.05, 4.69) is 33.1 Å². The van der Waals surface area contributed by atoms with Crippen LogP contribution in [0.1, 0.15) is 65.7 Å². The fourth-order valence-electron chi connectivity index (χ4n) is 4.35. The zero-order valence-corrected chi connectivity index (χ0v) is 12.1. The van der Waals surface area contributed by atoms with Gasteiger partial charge >= 0.3 is 0 Å². The minimum atomic E-state index is 0.590. The molecule has 2 saturated carbocycles. The van der Waals surface area contributed by atoms with Crippen LogP contribution in [0.3, 0.4) is 0 Å². The van der Waals surface area contributed by atoms with Gasteiger partial charge in [0.15, 0.2) is 0 Å². The van der Waals surface area contributed by atoms with E-state index in [0.29, 0.717) is 10.8 Å². The van der Waals surface area contributed by atoms with Crippen molar-refractivity contribution in [1.29, 1.82) is 0 Å². The van der Waals surface area contributed by atoms with Gasteiger partial charge in [-0.05, 0) is 55.8 Å². The summed E-state index contributed by atoms with van der Waals surface area (Å²) in [4.78, 5) is 0. The molecule has 0 heteroatoms. The molecule has 2 aliphatic carbocycles. The van der Waals surface area contributed by atoms with Gasteiger partial charge in [-0.25, -0.2) is 0 Å². The maximum atomic E-state index is 3.94. The molecule has 0 saturated heterocycles. The summed E-state index contributed by atoms with van der Waals surface area (Å²) in [7, 11) is 0. The van der Waals surface area contributed by atoms with Crippen molar-refractivity contribution in [2.45, 2.75) is 65.7 Å². The fraction of sp³-hybridized carbons (Fsp3) is 0.765. The van der Waals surface area contributed by atoms with E-state index in [4.69, 9.17) is 0 Å². The molecule has 17 heavy (non-hydrogen) atoms. The first-order chi connectivity index (χ1) is 7.97. The van der Waals surface area contributed by atoms with E-state index in [-0.39, 0.29) is 0 Å². The molecule has 0 aromatic heterocycles. The maximum absolute atomic E-state index is 3.94. The Morgan fingerprint density at radius 2 is 1.88 bits per heavy atom. The SMILES string of the molecule is C=CC.C=CCC12CCCC(CC(C)(C)C1)C2. The Morgan fingerprint density at radius 1 is 1.24 bits per heavy atom. The van der Waals surface area contributed by atoms with Crippen LogP contribution in [-0.2, 0) is 0 Å². The number of hydrogen-bond donors (Lipinski definition) is 0. The Balaban J connectivity index is 0.000000437. The van der Waals surface area contributed by atoms with E-state index < -0.39 is 0 Å². The molecule has 2 rings (SSSR count). The van der Waals surface area contributed by atoms with Crippen molar-refractivity contribution in [2.75, 3.05) is 0 Å². The third-order valence-electron chi connectivity index (χ3n) is 4.31. The molecule has 0 radical (unpaired) electrons. The standard InChI is InChI=1S/C14H24.C3H6/c1-4-7-14-8-5-6-12(10-14)9-13(2,3)11-14;1-3-2/h4,12H,1,5-11H2,2-3H3;3H,1H2,2H3. The Kier molecular flexibility index (Phi) is 5.04. The average molecular weight is 234 g/mol. The summed E-state index contributed by atoms with van der Waals surface area (Å²) in [6.45, 7) is 14.1. The van der Waals surface area contributed by atoms with Crippen molar-refractivity contribution in [1.82, 2.24) is 0 Å². The van der Waals surface area contributed by atoms with E-state index in [0.717, 1.165) is 5.92 Å². The lowest BCUT2D eigenvalue weighted by molar-refractivity contribution is 0.00239. The topological polar surface area (TPSA) is 0 Å². The van der Waals surface area contributed by atoms with Gasteiger partial charge in [-0.1, -0.05) is 38.8 Å². The normalized spacial score (nSPS) is 34.2. The van der Waals surface area contributed by atoms with Gasteiger partial charge in [0.2, 0.25) is 0 Å². The van der Waals surface area contributed by atoms with Crippen LogP contribution in [0.25, 0.3) is 0 Å². The molecular formula is C17H30. The van der Waals surface area contributed by atoms with Crippen LogP contribution in [0.4, 0.5) is 0 Å². The minimum Gasteiger partial charge on any atom is -0.103 e. The molecular weight excluding hydrogens is 204 g/mol. The molecule has 0 heterocycles. The zero-order valence-electron chi connectivity index (χ0n) is 12.1. The highest BCUT2D eigenvalue weighted by Gasteiger charge is 2.45. The maximum Gasteiger partial charge on any atom is -0.0255 e. The smallest absolute Gasteiger partial charge is 0.0255 e. The van der Waals surface area contributed by atoms with Crippen LogP contribution in [0.5, 0.6) is 0 Å². The second kappa shape index (κ2) is 5.89. The molecule has 0 nitrogen and oxygen atoms in total. The van der Waals surface area contributed by atoms with Gasteiger partial charge in [0.25, 0.3) is 0 Å². The molecule has 2 bridgehead atoms. The lowest BCUT2D eigenvalue weighted by atomic mass is 9.54. The summed E-state index contributed by atoms with van der Waals surface area (Å²) >= 11 is 0. The lowest BCUT2D eigenvalue weighted by Gasteiger charge is -2.51. The minimum absolute atomic E-state index is 0.590. The van der Waals surface area contributed by atoms with Gasteiger partial charge in [0.1, 0.15) is 0 Å². The first-order valence-electron chi connectivity index (χ1n) is 7.15. The van der Waals surface area contributed by atoms with Crippen molar-refractivity contribution >= 4 is 0 Å². The molecule has 2 aliphatic rings. The van der Waals surface area contributed by atoms with Gasteiger partial charge in [-0.3, -0.25) is 0 Å². The van der Waals surface area contributed by atoms with Crippen LogP contribution in [0.15, 0.2) is 25.3 Å². The highest BCUT2D eigenvalue weighted by atomic mass is 14.5. The predicted molar refractivity (Wildman–Crippen MR) is 78.1 cm³/mol. The van der Waals surface area contributed by atoms with Crippen LogP contribution in [0, 0.1) is 16.7 Å². The Hall–Kier alpha value is -0.520. The molecule has 0 aliphatic heterocycles. The van der Waals surface area contributed by atoms with Gasteiger partial charge in [0, 0.05) is 0 Å². The van der Waals surface area contributed by atoms with Crippen molar-refractivity contribution in [3.63, 3.8) is 0 Å². The quantitative estimate of drug-likeness (QED) is 0.533. The molecule has 2 atom stereocenters. The summed E-state index contributed by atoms with van der Waals surface area (Å²) in [5.41, 5.74) is 1.23. The van der Waals surface area contributed by atoms with Crippen LogP contribution >= 0.6 is 0 Å². The first-order valence-corrected chi connectivity index (χ1v) is 7.15. The van der Waals surface area contributed by atoms with E-state index in [1.54, 1.807) is 6.08 Å². The molecule has 2 fully saturated rings. The van der Waals surface area contributed by atoms with Crippen molar-refractivity contribution < 1.29 is 0 Å². The van der Waals surface area contributed by atoms with E-state index >= 15 is 0 Å². The van der Waals surface area contributed by atoms with Crippen molar-refractivity contribution in [2.24, 2.45) is 16.7 Å². The highest BCUT2D eigenvalue weighted by molar-refractivity contribution is 4.99. The number of allylic oxidation sites excluding steroid dienone is 2. The fourth-order valence-corrected chi connectivity index (χ4v) is 4.35. The molecule has 0 aromatic carbocycles. The molecule has 2 unspecified atom stereocenters. The molecule has 0 N–H and O–H groups in total. The van der Waals surface area contributed by atoms with E-state index in [1.165, 1.54) is 44.9 Å².